The molecule has 9 heteroatoms. The van der Waals surface area contributed by atoms with Crippen LogP contribution in [0.4, 0.5) is 6.01 Å². The van der Waals surface area contributed by atoms with Crippen LogP contribution in [0.25, 0.3) is 11.5 Å². The van der Waals surface area contributed by atoms with Gasteiger partial charge >= 0.3 is 6.01 Å². The molecule has 0 radical (unpaired) electrons. The number of amides is 1. The normalized spacial score (nSPS) is 10.5. The largest absolute Gasteiger partial charge is 0.482 e. The number of nitrogens with one attached hydrogen (secondary N) is 1. The fourth-order valence-electron chi connectivity index (χ4n) is 1.90. The number of carbonyl (C=O) groups excluding carboxylic acids is 1. The highest BCUT2D eigenvalue weighted by Crippen LogP contribution is 2.27. The summed E-state index contributed by atoms with van der Waals surface area (Å²) in [6, 6.07) is 12.1. The van der Waals surface area contributed by atoms with Crippen LogP contribution in [0.2, 0.25) is 10.0 Å². The van der Waals surface area contributed by atoms with Crippen molar-refractivity contribution in [2.45, 2.75) is 0 Å². The number of benzene rings is 2. The summed E-state index contributed by atoms with van der Waals surface area (Å²) >= 11 is 15.1. The van der Waals surface area contributed by atoms with Crippen LogP contribution in [-0.4, -0.2) is 22.7 Å². The van der Waals surface area contributed by atoms with Crippen molar-refractivity contribution in [1.29, 1.82) is 0 Å². The van der Waals surface area contributed by atoms with E-state index in [4.69, 9.17) is 32.4 Å². The highest BCUT2D eigenvalue weighted by molar-refractivity contribution is 9.10. The van der Waals surface area contributed by atoms with Crippen molar-refractivity contribution in [2.24, 2.45) is 0 Å². The van der Waals surface area contributed by atoms with Crippen LogP contribution in [0.3, 0.4) is 0 Å². The zero-order chi connectivity index (χ0) is 17.8. The van der Waals surface area contributed by atoms with Crippen molar-refractivity contribution >= 4 is 51.1 Å². The molecule has 25 heavy (non-hydrogen) atoms. The summed E-state index contributed by atoms with van der Waals surface area (Å²) in [6.45, 7) is -0.268. The van der Waals surface area contributed by atoms with Crippen molar-refractivity contribution < 1.29 is 13.9 Å². The first kappa shape index (κ1) is 17.7. The third-order valence-electron chi connectivity index (χ3n) is 3.00. The first-order chi connectivity index (χ1) is 12.0. The van der Waals surface area contributed by atoms with Gasteiger partial charge in [0.15, 0.2) is 6.61 Å². The van der Waals surface area contributed by atoms with E-state index in [1.54, 1.807) is 12.1 Å². The molecule has 1 aromatic heterocycles. The van der Waals surface area contributed by atoms with Gasteiger partial charge in [0.1, 0.15) is 5.75 Å². The molecule has 2 aromatic carbocycles. The second-order valence-corrected chi connectivity index (χ2v) is 6.59. The third-order valence-corrected chi connectivity index (χ3v) is 4.02. The van der Waals surface area contributed by atoms with Gasteiger partial charge in [0.2, 0.25) is 5.89 Å². The number of aromatic nitrogens is 2. The van der Waals surface area contributed by atoms with E-state index in [0.29, 0.717) is 21.7 Å². The van der Waals surface area contributed by atoms with Gasteiger partial charge in [-0.2, -0.15) is 0 Å². The lowest BCUT2D eigenvalue weighted by molar-refractivity contribution is -0.118. The minimum absolute atomic E-state index is 0.0224. The molecule has 0 spiro atoms. The molecular weight excluding hydrogens is 433 g/mol. The molecule has 0 saturated carbocycles. The molecule has 0 saturated heterocycles. The number of rotatable bonds is 5. The second-order valence-electron chi connectivity index (χ2n) is 4.83. The Morgan fingerprint density at radius 1 is 1.20 bits per heavy atom. The Morgan fingerprint density at radius 3 is 2.80 bits per heavy atom. The topological polar surface area (TPSA) is 77.2 Å². The van der Waals surface area contributed by atoms with E-state index in [0.717, 1.165) is 10.0 Å². The summed E-state index contributed by atoms with van der Waals surface area (Å²) in [6.07, 6.45) is 0. The molecular formula is C16H10BrCl2N3O3. The van der Waals surface area contributed by atoms with Gasteiger partial charge in [-0.05, 0) is 36.4 Å². The maximum Gasteiger partial charge on any atom is 0.322 e. The number of nitrogens with zero attached hydrogens (tertiary/aromatic N) is 2. The number of carbonyl (C=O) groups is 1. The van der Waals surface area contributed by atoms with Gasteiger partial charge in [-0.1, -0.05) is 50.3 Å². The number of hydrogen-bond acceptors (Lipinski definition) is 5. The van der Waals surface area contributed by atoms with E-state index in [1.165, 1.54) is 6.07 Å². The molecule has 0 bridgehead atoms. The predicted octanol–water partition coefficient (Wildman–Crippen LogP) is 4.82. The van der Waals surface area contributed by atoms with Crippen LogP contribution in [0.1, 0.15) is 0 Å². The SMILES string of the molecule is O=C(COc1ccc(Cl)cc1Cl)Nc1nnc(-c2cccc(Br)c2)o1. The molecule has 0 fully saturated rings. The van der Waals surface area contributed by atoms with E-state index in [1.807, 2.05) is 24.3 Å². The third kappa shape index (κ3) is 4.72. The fraction of sp³-hybridized carbons (Fsp3) is 0.0625. The molecule has 0 atom stereocenters. The van der Waals surface area contributed by atoms with E-state index in [2.05, 4.69) is 31.4 Å². The molecule has 1 N–H and O–H groups in total. The standard InChI is InChI=1S/C16H10BrCl2N3O3/c17-10-3-1-2-9(6-10)15-21-22-16(25-15)20-14(23)8-24-13-5-4-11(18)7-12(13)19/h1-7H,8H2,(H,20,22,23). The summed E-state index contributed by atoms with van der Waals surface area (Å²) in [5.41, 5.74) is 0.728. The van der Waals surface area contributed by atoms with E-state index < -0.39 is 5.91 Å². The zero-order valence-corrected chi connectivity index (χ0v) is 15.6. The fourth-order valence-corrected chi connectivity index (χ4v) is 2.77. The minimum Gasteiger partial charge on any atom is -0.482 e. The highest BCUT2D eigenvalue weighted by Gasteiger charge is 2.13. The average molecular weight is 443 g/mol. The summed E-state index contributed by atoms with van der Waals surface area (Å²) in [7, 11) is 0. The molecule has 6 nitrogen and oxygen atoms in total. The molecule has 0 aliphatic rings. The van der Waals surface area contributed by atoms with Gasteiger partial charge in [-0.3, -0.25) is 10.1 Å². The molecule has 3 rings (SSSR count). The number of hydrogen-bond donors (Lipinski definition) is 1. The first-order valence-electron chi connectivity index (χ1n) is 6.98. The van der Waals surface area contributed by atoms with Crippen molar-refractivity contribution in [1.82, 2.24) is 10.2 Å². The monoisotopic (exact) mass is 441 g/mol. The lowest BCUT2D eigenvalue weighted by Gasteiger charge is -2.07. The van der Waals surface area contributed by atoms with Crippen molar-refractivity contribution in [2.75, 3.05) is 11.9 Å². The zero-order valence-electron chi connectivity index (χ0n) is 12.5. The van der Waals surface area contributed by atoms with Gasteiger partial charge in [-0.15, -0.1) is 5.10 Å². The van der Waals surface area contributed by atoms with Gasteiger partial charge in [0, 0.05) is 15.1 Å². The highest BCUT2D eigenvalue weighted by atomic mass is 79.9. The smallest absolute Gasteiger partial charge is 0.322 e. The Kier molecular flexibility index (Phi) is 5.57. The Morgan fingerprint density at radius 2 is 2.04 bits per heavy atom. The van der Waals surface area contributed by atoms with Crippen molar-refractivity contribution in [3.05, 3.63) is 57.0 Å². The molecule has 128 valence electrons. The molecule has 0 aliphatic heterocycles. The minimum atomic E-state index is -0.463. The van der Waals surface area contributed by atoms with Crippen LogP contribution < -0.4 is 10.1 Å². The van der Waals surface area contributed by atoms with Crippen LogP contribution >= 0.6 is 39.1 Å². The van der Waals surface area contributed by atoms with E-state index >= 15 is 0 Å². The van der Waals surface area contributed by atoms with Crippen LogP contribution in [-0.2, 0) is 4.79 Å². The van der Waals surface area contributed by atoms with Crippen LogP contribution in [0.15, 0.2) is 51.4 Å². The molecule has 1 heterocycles. The Labute approximate surface area is 161 Å². The van der Waals surface area contributed by atoms with Crippen molar-refractivity contribution in [3.63, 3.8) is 0 Å². The maximum absolute atomic E-state index is 11.9. The predicted molar refractivity (Wildman–Crippen MR) is 98.0 cm³/mol. The quantitative estimate of drug-likeness (QED) is 0.612. The summed E-state index contributed by atoms with van der Waals surface area (Å²) in [5.74, 6) is 0.176. The molecule has 0 aliphatic carbocycles. The number of ether oxygens (including phenoxy) is 1. The molecule has 0 unspecified atom stereocenters. The first-order valence-corrected chi connectivity index (χ1v) is 8.53. The van der Waals surface area contributed by atoms with Gasteiger partial charge in [-0.25, -0.2) is 0 Å². The molecule has 1 amide bonds. The lowest BCUT2D eigenvalue weighted by Crippen LogP contribution is -2.20. The van der Waals surface area contributed by atoms with Crippen LogP contribution in [0.5, 0.6) is 5.75 Å². The maximum atomic E-state index is 11.9. The summed E-state index contributed by atoms with van der Waals surface area (Å²) in [4.78, 5) is 11.9. The Hall–Kier alpha value is -2.09. The van der Waals surface area contributed by atoms with Gasteiger partial charge < -0.3 is 9.15 Å². The number of halogens is 3. The summed E-state index contributed by atoms with van der Waals surface area (Å²) < 4.78 is 11.6. The molecule has 3 aromatic rings. The van der Waals surface area contributed by atoms with Gasteiger partial charge in [0.25, 0.3) is 5.91 Å². The van der Waals surface area contributed by atoms with Crippen LogP contribution in [0, 0.1) is 0 Å². The number of anilines is 1. The summed E-state index contributed by atoms with van der Waals surface area (Å²) in [5, 5.41) is 10.9. The Bertz CT molecular complexity index is 917. The average Bonchev–Trinajstić information content (AvgIpc) is 3.02. The lowest BCUT2D eigenvalue weighted by atomic mass is 10.2. The van der Waals surface area contributed by atoms with E-state index in [9.17, 15) is 4.79 Å². The van der Waals surface area contributed by atoms with Gasteiger partial charge in [0.05, 0.1) is 5.02 Å². The Balaban J connectivity index is 1.60. The second kappa shape index (κ2) is 7.86. The van der Waals surface area contributed by atoms with Crippen molar-refractivity contribution in [3.8, 4) is 17.2 Å². The van der Waals surface area contributed by atoms with E-state index in [-0.39, 0.29) is 12.6 Å².